The molecule has 1 atom stereocenters. The van der Waals surface area contributed by atoms with E-state index < -0.39 is 0 Å². The van der Waals surface area contributed by atoms with Gasteiger partial charge in [0.1, 0.15) is 0 Å². The van der Waals surface area contributed by atoms with E-state index in [1.54, 1.807) is 0 Å². The lowest BCUT2D eigenvalue weighted by Crippen LogP contribution is -2.25. The van der Waals surface area contributed by atoms with Gasteiger partial charge in [-0.25, -0.2) is 0 Å². The molecule has 0 amide bonds. The molecule has 22 heavy (non-hydrogen) atoms. The number of hydrogen-bond donors (Lipinski definition) is 1. The molecule has 4 nitrogen and oxygen atoms in total. The van der Waals surface area contributed by atoms with Crippen molar-refractivity contribution in [2.24, 2.45) is 0 Å². The van der Waals surface area contributed by atoms with E-state index >= 15 is 0 Å². The zero-order valence-electron chi connectivity index (χ0n) is 13.5. The van der Waals surface area contributed by atoms with Crippen LogP contribution in [0.2, 0.25) is 0 Å². The monoisotopic (exact) mass is 371 g/mol. The molecule has 1 aromatic rings. The van der Waals surface area contributed by atoms with Gasteiger partial charge in [0.05, 0.1) is 19.3 Å². The fourth-order valence-corrected chi connectivity index (χ4v) is 2.94. The van der Waals surface area contributed by atoms with Crippen molar-refractivity contribution in [3.63, 3.8) is 0 Å². The summed E-state index contributed by atoms with van der Waals surface area (Å²) in [7, 11) is 0. The Hall–Kier alpha value is -0.780. The molecule has 0 aliphatic carbocycles. The molecule has 0 spiro atoms. The average Bonchev–Trinajstić information content (AvgIpc) is 3.02. The topological polar surface area (TPSA) is 39.7 Å². The summed E-state index contributed by atoms with van der Waals surface area (Å²) < 4.78 is 18.1. The van der Waals surface area contributed by atoms with Crippen LogP contribution in [0.3, 0.4) is 0 Å². The Kier molecular flexibility index (Phi) is 7.49. The van der Waals surface area contributed by atoms with Gasteiger partial charge < -0.3 is 19.5 Å². The Bertz CT molecular complexity index is 461. The van der Waals surface area contributed by atoms with Crippen molar-refractivity contribution in [2.75, 3.05) is 26.4 Å². The van der Waals surface area contributed by atoms with Crippen LogP contribution >= 0.6 is 15.9 Å². The van der Waals surface area contributed by atoms with Gasteiger partial charge in [0.2, 0.25) is 0 Å². The summed E-state index contributed by atoms with van der Waals surface area (Å²) in [6.45, 7) is 7.99. The fraction of sp³-hybridized carbons (Fsp3) is 0.647. The minimum absolute atomic E-state index is 0.359. The number of halogens is 1. The molecule has 1 aromatic carbocycles. The first kappa shape index (κ1) is 17.6. The van der Waals surface area contributed by atoms with Gasteiger partial charge >= 0.3 is 0 Å². The highest BCUT2D eigenvalue weighted by Crippen LogP contribution is 2.34. The van der Waals surface area contributed by atoms with Crippen LogP contribution in [-0.2, 0) is 11.3 Å². The normalized spacial score (nSPS) is 17.7. The van der Waals surface area contributed by atoms with Gasteiger partial charge in [-0.2, -0.15) is 0 Å². The predicted molar refractivity (Wildman–Crippen MR) is 91.8 cm³/mol. The van der Waals surface area contributed by atoms with Crippen molar-refractivity contribution < 1.29 is 14.2 Å². The van der Waals surface area contributed by atoms with Crippen molar-refractivity contribution in [1.29, 1.82) is 0 Å². The summed E-state index contributed by atoms with van der Waals surface area (Å²) in [4.78, 5) is 0. The van der Waals surface area contributed by atoms with Gasteiger partial charge in [-0.1, -0.05) is 22.9 Å². The van der Waals surface area contributed by atoms with E-state index in [1.807, 2.05) is 13.0 Å². The van der Waals surface area contributed by atoms with Crippen molar-refractivity contribution in [3.05, 3.63) is 22.2 Å². The van der Waals surface area contributed by atoms with Crippen LogP contribution in [0.5, 0.6) is 11.5 Å². The fourth-order valence-electron chi connectivity index (χ4n) is 2.48. The van der Waals surface area contributed by atoms with E-state index in [9.17, 15) is 0 Å². The van der Waals surface area contributed by atoms with Crippen LogP contribution in [-0.4, -0.2) is 32.5 Å². The van der Waals surface area contributed by atoms with Crippen molar-refractivity contribution >= 4 is 15.9 Å². The Balaban J connectivity index is 1.98. The largest absolute Gasteiger partial charge is 0.490 e. The Morgan fingerprint density at radius 3 is 2.77 bits per heavy atom. The second-order valence-corrected chi connectivity index (χ2v) is 6.29. The molecule has 0 saturated carbocycles. The number of rotatable bonds is 9. The molecule has 1 N–H and O–H groups in total. The van der Waals surface area contributed by atoms with Crippen LogP contribution in [0.15, 0.2) is 16.6 Å². The van der Waals surface area contributed by atoms with E-state index in [0.29, 0.717) is 19.3 Å². The maximum atomic E-state index is 5.77. The first-order valence-electron chi connectivity index (χ1n) is 8.15. The summed E-state index contributed by atoms with van der Waals surface area (Å²) >= 11 is 3.63. The molecule has 1 aliphatic heterocycles. The molecule has 1 unspecified atom stereocenters. The predicted octanol–water partition coefficient (Wildman–Crippen LogP) is 3.91. The lowest BCUT2D eigenvalue weighted by molar-refractivity contribution is 0.110. The summed E-state index contributed by atoms with van der Waals surface area (Å²) in [5.41, 5.74) is 1.17. The molecular weight excluding hydrogens is 346 g/mol. The SMILES string of the molecule is CCCOc1cc(Br)c(CNCC2CCCO2)cc1OCC. The Labute approximate surface area is 141 Å². The average molecular weight is 372 g/mol. The first-order chi connectivity index (χ1) is 10.7. The summed E-state index contributed by atoms with van der Waals surface area (Å²) in [6, 6.07) is 4.06. The minimum Gasteiger partial charge on any atom is -0.490 e. The van der Waals surface area contributed by atoms with E-state index in [2.05, 4.69) is 34.2 Å². The van der Waals surface area contributed by atoms with Crippen molar-refractivity contribution in [1.82, 2.24) is 5.32 Å². The molecule has 1 aliphatic rings. The van der Waals surface area contributed by atoms with Gasteiger partial charge in [-0.3, -0.25) is 0 Å². The molecular formula is C17H26BrNO3. The highest BCUT2D eigenvalue weighted by atomic mass is 79.9. The van der Waals surface area contributed by atoms with Crippen LogP contribution in [0.1, 0.15) is 38.7 Å². The van der Waals surface area contributed by atoms with Crippen LogP contribution in [0.25, 0.3) is 0 Å². The van der Waals surface area contributed by atoms with Crippen LogP contribution < -0.4 is 14.8 Å². The van der Waals surface area contributed by atoms with Crippen LogP contribution in [0, 0.1) is 0 Å². The van der Waals surface area contributed by atoms with Gasteiger partial charge in [0, 0.05) is 24.2 Å². The van der Waals surface area contributed by atoms with Gasteiger partial charge in [0.15, 0.2) is 11.5 Å². The molecule has 1 fully saturated rings. The molecule has 2 rings (SSSR count). The number of nitrogens with one attached hydrogen (secondary N) is 1. The smallest absolute Gasteiger partial charge is 0.162 e. The van der Waals surface area contributed by atoms with Crippen molar-refractivity contribution in [2.45, 2.75) is 45.8 Å². The lowest BCUT2D eigenvalue weighted by atomic mass is 10.2. The zero-order chi connectivity index (χ0) is 15.8. The number of hydrogen-bond acceptors (Lipinski definition) is 4. The molecule has 0 bridgehead atoms. The molecule has 5 heteroatoms. The standard InChI is InChI=1S/C17H26BrNO3/c1-3-7-22-17-10-15(18)13(9-16(17)20-4-2)11-19-12-14-6-5-8-21-14/h9-10,14,19H,3-8,11-12H2,1-2H3. The number of benzene rings is 1. The molecule has 0 aromatic heterocycles. The van der Waals surface area contributed by atoms with Crippen molar-refractivity contribution in [3.8, 4) is 11.5 Å². The Morgan fingerprint density at radius 1 is 1.27 bits per heavy atom. The third-order valence-corrected chi connectivity index (χ3v) is 4.32. The second kappa shape index (κ2) is 9.38. The van der Waals surface area contributed by atoms with E-state index in [-0.39, 0.29) is 0 Å². The second-order valence-electron chi connectivity index (χ2n) is 5.44. The first-order valence-corrected chi connectivity index (χ1v) is 8.94. The highest BCUT2D eigenvalue weighted by molar-refractivity contribution is 9.10. The highest BCUT2D eigenvalue weighted by Gasteiger charge is 2.15. The van der Waals surface area contributed by atoms with E-state index in [0.717, 1.165) is 48.5 Å². The molecule has 1 heterocycles. The van der Waals surface area contributed by atoms with Crippen LogP contribution in [0.4, 0.5) is 0 Å². The third-order valence-electron chi connectivity index (χ3n) is 3.59. The van der Waals surface area contributed by atoms with E-state index in [1.165, 1.54) is 12.0 Å². The zero-order valence-corrected chi connectivity index (χ0v) is 15.1. The molecule has 124 valence electrons. The quantitative estimate of drug-likeness (QED) is 0.714. The summed E-state index contributed by atoms with van der Waals surface area (Å²) in [5, 5.41) is 3.47. The van der Waals surface area contributed by atoms with E-state index in [4.69, 9.17) is 14.2 Å². The van der Waals surface area contributed by atoms with Gasteiger partial charge in [-0.15, -0.1) is 0 Å². The van der Waals surface area contributed by atoms with Gasteiger partial charge in [-0.05, 0) is 43.9 Å². The number of ether oxygens (including phenoxy) is 3. The lowest BCUT2D eigenvalue weighted by Gasteiger charge is -2.16. The minimum atomic E-state index is 0.359. The maximum absolute atomic E-state index is 5.77. The molecule has 0 radical (unpaired) electrons. The third kappa shape index (κ3) is 5.14. The summed E-state index contributed by atoms with van der Waals surface area (Å²) in [5.74, 6) is 1.62. The van der Waals surface area contributed by atoms with Gasteiger partial charge in [0.25, 0.3) is 0 Å². The maximum Gasteiger partial charge on any atom is 0.162 e. The molecule has 1 saturated heterocycles. The summed E-state index contributed by atoms with van der Waals surface area (Å²) in [6.07, 6.45) is 3.67. The Morgan fingerprint density at radius 2 is 2.09 bits per heavy atom.